The molecule has 1 aromatic rings. The molecule has 1 amide bonds. The molecule has 0 spiro atoms. The number of rotatable bonds is 7. The Bertz CT molecular complexity index is 791. The summed E-state index contributed by atoms with van der Waals surface area (Å²) in [6.45, 7) is 0.975. The zero-order valence-electron chi connectivity index (χ0n) is 14.8. The molecular weight excluding hydrogens is 358 g/mol. The molecule has 26 heavy (non-hydrogen) atoms. The van der Waals surface area contributed by atoms with Crippen molar-refractivity contribution in [3.63, 3.8) is 0 Å². The Morgan fingerprint density at radius 2 is 1.92 bits per heavy atom. The van der Waals surface area contributed by atoms with Gasteiger partial charge < -0.3 is 15.0 Å². The summed E-state index contributed by atoms with van der Waals surface area (Å²) in [5.41, 5.74) is 0.141. The number of piperidine rings is 1. The summed E-state index contributed by atoms with van der Waals surface area (Å²) in [6.07, 6.45) is 6.48. The first kappa shape index (κ1) is 18.9. The Labute approximate surface area is 153 Å². The fraction of sp³-hybridized carbons (Fsp3) is 0.647. The van der Waals surface area contributed by atoms with E-state index in [1.54, 1.807) is 7.05 Å². The Balaban J connectivity index is 1.76. The Morgan fingerprint density at radius 1 is 1.27 bits per heavy atom. The molecular formula is C17H25N3O5S. The summed E-state index contributed by atoms with van der Waals surface area (Å²) >= 11 is 0. The van der Waals surface area contributed by atoms with E-state index in [4.69, 9.17) is 0 Å². The number of sulfonamides is 1. The zero-order valence-corrected chi connectivity index (χ0v) is 15.7. The van der Waals surface area contributed by atoms with Crippen LogP contribution in [0.5, 0.6) is 0 Å². The van der Waals surface area contributed by atoms with E-state index in [9.17, 15) is 23.1 Å². The minimum absolute atomic E-state index is 0.0705. The summed E-state index contributed by atoms with van der Waals surface area (Å²) in [4.78, 5) is 23.9. The van der Waals surface area contributed by atoms with Gasteiger partial charge in [0.15, 0.2) is 0 Å². The molecule has 1 saturated carbocycles. The minimum Gasteiger partial charge on any atom is -0.480 e. The highest BCUT2D eigenvalue weighted by Gasteiger charge is 2.32. The molecule has 1 aliphatic carbocycles. The number of aromatic nitrogens is 1. The van der Waals surface area contributed by atoms with Crippen LogP contribution in [0.4, 0.5) is 0 Å². The molecule has 1 atom stereocenters. The molecule has 8 nitrogen and oxygen atoms in total. The maximum atomic E-state index is 12.7. The van der Waals surface area contributed by atoms with Crippen molar-refractivity contribution in [2.75, 3.05) is 13.1 Å². The minimum atomic E-state index is -3.63. The number of hydrogen-bond acceptors (Lipinski definition) is 4. The van der Waals surface area contributed by atoms with Crippen LogP contribution >= 0.6 is 0 Å². The highest BCUT2D eigenvalue weighted by molar-refractivity contribution is 7.89. The third-order valence-electron chi connectivity index (χ3n) is 5.03. The predicted molar refractivity (Wildman–Crippen MR) is 94.3 cm³/mol. The lowest BCUT2D eigenvalue weighted by Crippen LogP contribution is -2.41. The van der Waals surface area contributed by atoms with Gasteiger partial charge in [-0.1, -0.05) is 19.3 Å². The van der Waals surface area contributed by atoms with Gasteiger partial charge in [0.05, 0.1) is 0 Å². The molecule has 9 heteroatoms. The first-order chi connectivity index (χ1) is 12.3. The van der Waals surface area contributed by atoms with Crippen molar-refractivity contribution < 1.29 is 23.1 Å². The number of hydrogen-bond donors (Lipinski definition) is 2. The third kappa shape index (κ3) is 4.09. The fourth-order valence-electron chi connectivity index (χ4n) is 3.30. The van der Waals surface area contributed by atoms with Crippen molar-refractivity contribution >= 4 is 21.9 Å². The Morgan fingerprint density at radius 3 is 2.50 bits per heavy atom. The summed E-state index contributed by atoms with van der Waals surface area (Å²) in [5, 5.41) is 11.8. The highest BCUT2D eigenvalue weighted by Crippen LogP contribution is 2.33. The van der Waals surface area contributed by atoms with E-state index in [1.165, 1.54) is 21.1 Å². The second-order valence-electron chi connectivity index (χ2n) is 7.18. The number of nitrogens with one attached hydrogen (secondary N) is 1. The lowest BCUT2D eigenvalue weighted by Gasteiger charge is -2.25. The van der Waals surface area contributed by atoms with Crippen molar-refractivity contribution in [2.24, 2.45) is 13.0 Å². The number of carboxylic acid groups (broad SMARTS) is 1. The summed E-state index contributed by atoms with van der Waals surface area (Å²) in [6, 6.07) is 0.377. The number of aliphatic carboxylic acids is 1. The van der Waals surface area contributed by atoms with E-state index in [1.807, 2.05) is 0 Å². The van der Waals surface area contributed by atoms with Crippen molar-refractivity contribution in [3.05, 3.63) is 18.0 Å². The summed E-state index contributed by atoms with van der Waals surface area (Å²) < 4.78 is 28.4. The van der Waals surface area contributed by atoms with Gasteiger partial charge in [-0.2, -0.15) is 4.31 Å². The first-order valence-electron chi connectivity index (χ1n) is 8.99. The van der Waals surface area contributed by atoms with Gasteiger partial charge in [0.25, 0.3) is 5.91 Å². The predicted octanol–water partition coefficient (Wildman–Crippen LogP) is 1.18. The van der Waals surface area contributed by atoms with Gasteiger partial charge in [-0.15, -0.1) is 0 Å². The average Bonchev–Trinajstić information content (AvgIpc) is 3.33. The molecule has 1 aromatic heterocycles. The lowest BCUT2D eigenvalue weighted by molar-refractivity contribution is -0.139. The van der Waals surface area contributed by atoms with Crippen LogP contribution in [0.3, 0.4) is 0 Å². The second-order valence-corrected chi connectivity index (χ2v) is 9.12. The van der Waals surface area contributed by atoms with E-state index in [2.05, 4.69) is 5.32 Å². The quantitative estimate of drug-likeness (QED) is 0.735. The molecule has 1 unspecified atom stereocenters. The molecule has 2 N–H and O–H groups in total. The maximum absolute atomic E-state index is 12.7. The van der Waals surface area contributed by atoms with E-state index in [0.717, 1.165) is 32.1 Å². The van der Waals surface area contributed by atoms with Gasteiger partial charge in [-0.3, -0.25) is 4.79 Å². The standard InChI is InChI=1S/C17H25N3O5S/c1-19-11-13(26(24,25)20-7-3-2-4-8-20)10-15(19)16(21)18-14(17(22)23)9-12-5-6-12/h10-12,14H,2-9H2,1H3,(H,18,21)(H,22,23). The smallest absolute Gasteiger partial charge is 0.326 e. The van der Waals surface area contributed by atoms with Gasteiger partial charge in [-0.05, 0) is 31.2 Å². The van der Waals surface area contributed by atoms with Crippen molar-refractivity contribution in [2.45, 2.75) is 49.5 Å². The SMILES string of the molecule is Cn1cc(S(=O)(=O)N2CCCCC2)cc1C(=O)NC(CC1CC1)C(=O)O. The van der Waals surface area contributed by atoms with Crippen molar-refractivity contribution in [1.29, 1.82) is 0 Å². The third-order valence-corrected chi connectivity index (χ3v) is 6.90. The topological polar surface area (TPSA) is 109 Å². The van der Waals surface area contributed by atoms with Crippen LogP contribution in [0.2, 0.25) is 0 Å². The van der Waals surface area contributed by atoms with Crippen molar-refractivity contribution in [1.82, 2.24) is 14.2 Å². The number of carbonyl (C=O) groups is 2. The number of nitrogens with zero attached hydrogens (tertiary/aromatic N) is 2. The van der Waals surface area contributed by atoms with Gasteiger partial charge in [0.1, 0.15) is 16.6 Å². The average molecular weight is 383 g/mol. The van der Waals surface area contributed by atoms with Crippen LogP contribution in [-0.2, 0) is 21.9 Å². The van der Waals surface area contributed by atoms with E-state index < -0.39 is 27.9 Å². The van der Waals surface area contributed by atoms with Crippen LogP contribution in [0.15, 0.2) is 17.2 Å². The van der Waals surface area contributed by atoms with Crippen LogP contribution in [0.1, 0.15) is 49.0 Å². The zero-order chi connectivity index (χ0) is 18.9. The van der Waals surface area contributed by atoms with E-state index in [-0.39, 0.29) is 10.6 Å². The van der Waals surface area contributed by atoms with Crippen LogP contribution in [0.25, 0.3) is 0 Å². The second kappa shape index (κ2) is 7.40. The molecule has 0 radical (unpaired) electrons. The molecule has 144 valence electrons. The fourth-order valence-corrected chi connectivity index (χ4v) is 4.88. The normalized spacial score (nSPS) is 19.9. The number of carbonyl (C=O) groups excluding carboxylic acids is 1. The summed E-state index contributed by atoms with van der Waals surface area (Å²) in [5.74, 6) is -1.29. The van der Waals surface area contributed by atoms with Gasteiger partial charge >= 0.3 is 5.97 Å². The van der Waals surface area contributed by atoms with Crippen LogP contribution in [-0.4, -0.2) is 53.4 Å². The Hall–Kier alpha value is -1.87. The molecule has 1 saturated heterocycles. The first-order valence-corrected chi connectivity index (χ1v) is 10.4. The van der Waals surface area contributed by atoms with Crippen molar-refractivity contribution in [3.8, 4) is 0 Å². The van der Waals surface area contributed by atoms with E-state index in [0.29, 0.717) is 25.4 Å². The van der Waals surface area contributed by atoms with Gasteiger partial charge in [-0.25, -0.2) is 13.2 Å². The maximum Gasteiger partial charge on any atom is 0.326 e. The molecule has 2 fully saturated rings. The number of amides is 1. The summed E-state index contributed by atoms with van der Waals surface area (Å²) in [7, 11) is -2.05. The molecule has 1 aliphatic heterocycles. The molecule has 2 heterocycles. The van der Waals surface area contributed by atoms with Crippen LogP contribution < -0.4 is 5.32 Å². The van der Waals surface area contributed by atoms with Crippen LogP contribution in [0, 0.1) is 5.92 Å². The lowest BCUT2D eigenvalue weighted by atomic mass is 10.1. The van der Waals surface area contributed by atoms with E-state index >= 15 is 0 Å². The molecule has 2 aliphatic rings. The monoisotopic (exact) mass is 383 g/mol. The number of aryl methyl sites for hydroxylation is 1. The molecule has 0 aromatic carbocycles. The van der Waals surface area contributed by atoms with Gasteiger partial charge in [0.2, 0.25) is 10.0 Å². The van der Waals surface area contributed by atoms with Gasteiger partial charge in [0, 0.05) is 26.3 Å². The molecule has 0 bridgehead atoms. The molecule has 3 rings (SSSR count). The largest absolute Gasteiger partial charge is 0.480 e. The highest BCUT2D eigenvalue weighted by atomic mass is 32.2. The number of carboxylic acids is 1. The Kier molecular flexibility index (Phi) is 5.38.